The van der Waals surface area contributed by atoms with Crippen molar-refractivity contribution in [1.82, 2.24) is 0 Å². The Kier molecular flexibility index (Phi) is 3.16. The molecule has 0 aliphatic heterocycles. The highest BCUT2D eigenvalue weighted by Crippen LogP contribution is 2.50. The van der Waals surface area contributed by atoms with Gasteiger partial charge in [-0.15, -0.1) is 0 Å². The molecule has 98 valence electrons. The van der Waals surface area contributed by atoms with Crippen LogP contribution in [0, 0.1) is 17.8 Å². The zero-order valence-corrected chi connectivity index (χ0v) is 11.5. The van der Waals surface area contributed by atoms with Gasteiger partial charge in [0.25, 0.3) is 0 Å². The van der Waals surface area contributed by atoms with E-state index in [2.05, 4.69) is 19.9 Å². The van der Waals surface area contributed by atoms with E-state index in [1.165, 1.54) is 5.57 Å². The van der Waals surface area contributed by atoms with Crippen LogP contribution in [0.25, 0.3) is 0 Å². The number of allylic oxidation sites excluding steroid dienone is 1. The number of aliphatic hydroxyl groups is 2. The van der Waals surface area contributed by atoms with Gasteiger partial charge in [-0.25, -0.2) is 0 Å². The molecule has 0 radical (unpaired) electrons. The lowest BCUT2D eigenvalue weighted by Gasteiger charge is -2.34. The summed E-state index contributed by atoms with van der Waals surface area (Å²) >= 11 is 0. The zero-order chi connectivity index (χ0) is 12.8. The van der Waals surface area contributed by atoms with Crippen molar-refractivity contribution < 1.29 is 10.2 Å². The summed E-state index contributed by atoms with van der Waals surface area (Å²) in [4.78, 5) is 0. The van der Waals surface area contributed by atoms with Gasteiger partial charge >= 0.3 is 0 Å². The molecule has 0 bridgehead atoms. The summed E-state index contributed by atoms with van der Waals surface area (Å²) in [5.41, 5.74) is 0.136. The molecule has 1 fully saturated rings. The fraction of sp³-hybridized carbons (Fsp3) is 0.867. The normalized spacial score (nSPS) is 46.6. The Hall–Kier alpha value is -0.340. The van der Waals surface area contributed by atoms with Gasteiger partial charge in [-0.05, 0) is 51.4 Å². The fourth-order valence-electron chi connectivity index (χ4n) is 3.60. The largest absolute Gasteiger partial charge is 0.390 e. The lowest BCUT2D eigenvalue weighted by Crippen LogP contribution is -2.40. The Morgan fingerprint density at radius 3 is 2.41 bits per heavy atom. The van der Waals surface area contributed by atoms with Gasteiger partial charge in [0.15, 0.2) is 0 Å². The molecule has 0 amide bonds. The van der Waals surface area contributed by atoms with Crippen LogP contribution in [-0.4, -0.2) is 21.4 Å². The molecule has 2 heteroatoms. The van der Waals surface area contributed by atoms with E-state index in [0.717, 1.165) is 25.7 Å². The molecule has 1 saturated carbocycles. The topological polar surface area (TPSA) is 40.5 Å². The van der Waals surface area contributed by atoms with E-state index >= 15 is 0 Å². The van der Waals surface area contributed by atoms with Crippen LogP contribution < -0.4 is 0 Å². The van der Waals surface area contributed by atoms with E-state index in [1.807, 2.05) is 13.8 Å². The van der Waals surface area contributed by atoms with Crippen LogP contribution in [-0.2, 0) is 0 Å². The third-order valence-electron chi connectivity index (χ3n) is 4.97. The third-order valence-corrected chi connectivity index (χ3v) is 4.97. The molecule has 2 N–H and O–H groups in total. The number of rotatable bonds is 1. The second-order valence-electron chi connectivity index (χ2n) is 6.78. The molecule has 3 unspecified atom stereocenters. The lowest BCUT2D eigenvalue weighted by molar-refractivity contribution is -0.0419. The molecule has 4 atom stereocenters. The standard InChI is InChI=1S/C15H26O2/c1-10(2)11-5-7-14(3,16)12-6-8-15(4,17)13(12)9-11/h9-10,12-13,16-17H,5-8H2,1-4H3/t12?,13?,14?,15-/m1/s1. The molecule has 2 rings (SSSR count). The van der Waals surface area contributed by atoms with Crippen molar-refractivity contribution in [2.45, 2.75) is 64.6 Å². The molecule has 2 aliphatic carbocycles. The zero-order valence-electron chi connectivity index (χ0n) is 11.5. The van der Waals surface area contributed by atoms with Gasteiger partial charge in [0.1, 0.15) is 0 Å². The minimum atomic E-state index is -0.640. The van der Waals surface area contributed by atoms with Crippen molar-refractivity contribution >= 4 is 0 Å². The monoisotopic (exact) mass is 238 g/mol. The maximum absolute atomic E-state index is 10.6. The summed E-state index contributed by atoms with van der Waals surface area (Å²) in [7, 11) is 0. The van der Waals surface area contributed by atoms with Gasteiger partial charge in [0.2, 0.25) is 0 Å². The first-order chi connectivity index (χ1) is 7.74. The Morgan fingerprint density at radius 1 is 1.18 bits per heavy atom. The molecule has 2 nitrogen and oxygen atoms in total. The fourth-order valence-corrected chi connectivity index (χ4v) is 3.60. The summed E-state index contributed by atoms with van der Waals surface area (Å²) in [6.07, 6.45) is 5.80. The molecule has 0 saturated heterocycles. The van der Waals surface area contributed by atoms with E-state index in [0.29, 0.717) is 5.92 Å². The van der Waals surface area contributed by atoms with Crippen LogP contribution in [0.15, 0.2) is 11.6 Å². The highest BCUT2D eigenvalue weighted by atomic mass is 16.3. The summed E-state index contributed by atoms with van der Waals surface area (Å²) in [6, 6.07) is 0. The van der Waals surface area contributed by atoms with E-state index in [1.54, 1.807) is 0 Å². The van der Waals surface area contributed by atoms with Crippen molar-refractivity contribution in [3.63, 3.8) is 0 Å². The van der Waals surface area contributed by atoms with Gasteiger partial charge in [-0.2, -0.15) is 0 Å². The average Bonchev–Trinajstić information content (AvgIpc) is 2.39. The maximum atomic E-state index is 10.6. The Morgan fingerprint density at radius 2 is 1.82 bits per heavy atom. The minimum absolute atomic E-state index is 0.123. The van der Waals surface area contributed by atoms with Gasteiger partial charge in [-0.1, -0.05) is 25.5 Å². The summed E-state index contributed by atoms with van der Waals surface area (Å²) < 4.78 is 0. The first-order valence-corrected chi connectivity index (χ1v) is 6.89. The predicted molar refractivity (Wildman–Crippen MR) is 69.6 cm³/mol. The quantitative estimate of drug-likeness (QED) is 0.690. The second-order valence-corrected chi connectivity index (χ2v) is 6.78. The van der Waals surface area contributed by atoms with Gasteiger partial charge in [0, 0.05) is 5.92 Å². The molecular formula is C15H26O2. The van der Waals surface area contributed by atoms with E-state index < -0.39 is 11.2 Å². The van der Waals surface area contributed by atoms with Crippen LogP contribution in [0.3, 0.4) is 0 Å². The summed E-state index contributed by atoms with van der Waals surface area (Å²) in [5.74, 6) is 0.854. The first kappa shape index (κ1) is 13.1. The van der Waals surface area contributed by atoms with Crippen LogP contribution in [0.2, 0.25) is 0 Å². The first-order valence-electron chi connectivity index (χ1n) is 6.89. The molecule has 0 spiro atoms. The van der Waals surface area contributed by atoms with Crippen LogP contribution >= 0.6 is 0 Å². The van der Waals surface area contributed by atoms with Crippen LogP contribution in [0.1, 0.15) is 53.4 Å². The molecule has 0 heterocycles. The maximum Gasteiger partial charge on any atom is 0.0686 e. The molecular weight excluding hydrogens is 212 g/mol. The molecule has 17 heavy (non-hydrogen) atoms. The summed E-state index contributed by atoms with van der Waals surface area (Å²) in [5, 5.41) is 21.1. The lowest BCUT2D eigenvalue weighted by atomic mass is 9.77. The molecule has 2 aliphatic rings. The second kappa shape index (κ2) is 4.10. The van der Waals surface area contributed by atoms with Crippen molar-refractivity contribution in [3.05, 3.63) is 11.6 Å². The minimum Gasteiger partial charge on any atom is -0.390 e. The number of fused-ring (bicyclic) bond motifs is 1. The Labute approximate surface area is 105 Å². The van der Waals surface area contributed by atoms with E-state index in [-0.39, 0.29) is 11.8 Å². The predicted octanol–water partition coefficient (Wildman–Crippen LogP) is 2.89. The average molecular weight is 238 g/mol. The smallest absolute Gasteiger partial charge is 0.0686 e. The Balaban J connectivity index is 2.37. The van der Waals surface area contributed by atoms with E-state index in [4.69, 9.17) is 0 Å². The van der Waals surface area contributed by atoms with Crippen LogP contribution in [0.5, 0.6) is 0 Å². The van der Waals surface area contributed by atoms with Gasteiger partial charge in [0.05, 0.1) is 11.2 Å². The van der Waals surface area contributed by atoms with Crippen molar-refractivity contribution in [2.24, 2.45) is 17.8 Å². The number of hydrogen-bond donors (Lipinski definition) is 2. The highest BCUT2D eigenvalue weighted by molar-refractivity contribution is 5.19. The van der Waals surface area contributed by atoms with Crippen molar-refractivity contribution in [3.8, 4) is 0 Å². The SMILES string of the molecule is CC(C)C1=CC2C(CC[C@@]2(C)O)C(C)(O)CC1. The van der Waals surface area contributed by atoms with Crippen molar-refractivity contribution in [1.29, 1.82) is 0 Å². The third kappa shape index (κ3) is 2.30. The van der Waals surface area contributed by atoms with Crippen molar-refractivity contribution in [2.75, 3.05) is 0 Å². The molecule has 0 aromatic rings. The molecule has 0 aromatic heterocycles. The van der Waals surface area contributed by atoms with Gasteiger partial charge in [-0.3, -0.25) is 0 Å². The summed E-state index contributed by atoms with van der Waals surface area (Å²) in [6.45, 7) is 8.27. The van der Waals surface area contributed by atoms with Gasteiger partial charge < -0.3 is 10.2 Å². The number of hydrogen-bond acceptors (Lipinski definition) is 2. The highest BCUT2D eigenvalue weighted by Gasteiger charge is 2.50. The Bertz CT molecular complexity index is 326. The van der Waals surface area contributed by atoms with Crippen LogP contribution in [0.4, 0.5) is 0 Å². The molecule has 0 aromatic carbocycles. The van der Waals surface area contributed by atoms with E-state index in [9.17, 15) is 10.2 Å².